The van der Waals surface area contributed by atoms with E-state index >= 15 is 0 Å². The van der Waals surface area contributed by atoms with Gasteiger partial charge in [0.05, 0.1) is 10.5 Å². The fraction of sp³-hybridized carbons (Fsp3) is 0.526. The van der Waals surface area contributed by atoms with Crippen molar-refractivity contribution < 1.29 is 27.5 Å². The van der Waals surface area contributed by atoms with E-state index in [9.17, 15) is 22.8 Å². The highest BCUT2D eigenvalue weighted by Gasteiger charge is 2.29. The van der Waals surface area contributed by atoms with Gasteiger partial charge in [0.2, 0.25) is 10.0 Å². The SMILES string of the molecule is CC(C)C(OC(=O)c1cccc(S(=O)(=O)N2CCCCCC2)c1)C(=O)NC(N)=O. The van der Waals surface area contributed by atoms with Crippen LogP contribution in [0.2, 0.25) is 0 Å². The number of imide groups is 1. The number of nitrogens with one attached hydrogen (secondary N) is 1. The van der Waals surface area contributed by atoms with E-state index in [4.69, 9.17) is 10.5 Å². The summed E-state index contributed by atoms with van der Waals surface area (Å²) in [6.45, 7) is 4.16. The van der Waals surface area contributed by atoms with Crippen LogP contribution in [0.5, 0.6) is 0 Å². The van der Waals surface area contributed by atoms with Gasteiger partial charge in [-0.2, -0.15) is 4.31 Å². The van der Waals surface area contributed by atoms with Crippen LogP contribution in [0.25, 0.3) is 0 Å². The topological polar surface area (TPSA) is 136 Å². The van der Waals surface area contributed by atoms with Crippen LogP contribution < -0.4 is 11.1 Å². The first-order chi connectivity index (χ1) is 13.6. The Balaban J connectivity index is 2.21. The maximum absolute atomic E-state index is 12.9. The van der Waals surface area contributed by atoms with Gasteiger partial charge in [-0.25, -0.2) is 18.0 Å². The average Bonchev–Trinajstić information content (AvgIpc) is 2.95. The zero-order valence-corrected chi connectivity index (χ0v) is 17.4. The predicted molar refractivity (Wildman–Crippen MR) is 105 cm³/mol. The van der Waals surface area contributed by atoms with Crippen LogP contribution in [0, 0.1) is 5.92 Å². The molecular formula is C19H27N3O6S. The molecule has 9 nitrogen and oxygen atoms in total. The molecule has 0 aliphatic carbocycles. The number of hydrogen-bond donors (Lipinski definition) is 2. The molecule has 160 valence electrons. The van der Waals surface area contributed by atoms with Gasteiger partial charge in [0, 0.05) is 13.1 Å². The molecule has 1 heterocycles. The van der Waals surface area contributed by atoms with Crippen molar-refractivity contribution in [3.05, 3.63) is 29.8 Å². The minimum Gasteiger partial charge on any atom is -0.448 e. The lowest BCUT2D eigenvalue weighted by Crippen LogP contribution is -2.45. The molecule has 3 N–H and O–H groups in total. The molecule has 0 bridgehead atoms. The standard InChI is InChI=1S/C19H27N3O6S/c1-13(2)16(17(23)21-19(20)25)28-18(24)14-8-7-9-15(12-14)29(26,27)22-10-5-3-4-6-11-22/h7-9,12-13,16H,3-6,10-11H2,1-2H3,(H3,20,21,23,25). The summed E-state index contributed by atoms with van der Waals surface area (Å²) < 4.78 is 32.5. The van der Waals surface area contributed by atoms with Crippen LogP contribution in [-0.2, 0) is 19.6 Å². The summed E-state index contributed by atoms with van der Waals surface area (Å²) in [5.41, 5.74) is 4.94. The molecule has 3 amide bonds. The Morgan fingerprint density at radius 1 is 1.10 bits per heavy atom. The van der Waals surface area contributed by atoms with Crippen molar-refractivity contribution in [1.29, 1.82) is 0 Å². The highest BCUT2D eigenvalue weighted by Crippen LogP contribution is 2.22. The van der Waals surface area contributed by atoms with Gasteiger partial charge in [0.25, 0.3) is 5.91 Å². The quantitative estimate of drug-likeness (QED) is 0.665. The summed E-state index contributed by atoms with van der Waals surface area (Å²) >= 11 is 0. The summed E-state index contributed by atoms with van der Waals surface area (Å²) in [6.07, 6.45) is 2.32. The zero-order chi connectivity index (χ0) is 21.6. The molecule has 1 unspecified atom stereocenters. The smallest absolute Gasteiger partial charge is 0.338 e. The third-order valence-corrected chi connectivity index (χ3v) is 6.51. The Morgan fingerprint density at radius 2 is 1.72 bits per heavy atom. The van der Waals surface area contributed by atoms with E-state index in [2.05, 4.69) is 0 Å². The Hall–Kier alpha value is -2.46. The Labute approximate surface area is 170 Å². The third kappa shape index (κ3) is 6.01. The molecule has 0 radical (unpaired) electrons. The van der Waals surface area contributed by atoms with Crippen molar-refractivity contribution in [2.24, 2.45) is 11.7 Å². The molecule has 0 aromatic heterocycles. The maximum Gasteiger partial charge on any atom is 0.338 e. The second-order valence-corrected chi connectivity index (χ2v) is 9.21. The van der Waals surface area contributed by atoms with Crippen molar-refractivity contribution in [2.45, 2.75) is 50.5 Å². The number of nitrogens with two attached hydrogens (primary N) is 1. The molecule has 29 heavy (non-hydrogen) atoms. The van der Waals surface area contributed by atoms with Crippen molar-refractivity contribution in [1.82, 2.24) is 9.62 Å². The number of amides is 3. The van der Waals surface area contributed by atoms with Crippen LogP contribution in [0.15, 0.2) is 29.2 Å². The van der Waals surface area contributed by atoms with Crippen LogP contribution in [-0.4, -0.2) is 49.8 Å². The van der Waals surface area contributed by atoms with Crippen LogP contribution >= 0.6 is 0 Å². The van der Waals surface area contributed by atoms with E-state index in [1.807, 2.05) is 5.32 Å². The molecular weight excluding hydrogens is 398 g/mol. The van der Waals surface area contributed by atoms with Crippen molar-refractivity contribution >= 4 is 27.9 Å². The summed E-state index contributed by atoms with van der Waals surface area (Å²) in [4.78, 5) is 35.5. The second-order valence-electron chi connectivity index (χ2n) is 7.27. The van der Waals surface area contributed by atoms with E-state index in [0.717, 1.165) is 25.7 Å². The number of carbonyl (C=O) groups is 3. The zero-order valence-electron chi connectivity index (χ0n) is 16.6. The minimum absolute atomic E-state index is 0.00146. The largest absolute Gasteiger partial charge is 0.448 e. The fourth-order valence-electron chi connectivity index (χ4n) is 3.08. The number of urea groups is 1. The molecule has 10 heteroatoms. The van der Waals surface area contributed by atoms with Gasteiger partial charge in [0.15, 0.2) is 6.10 Å². The summed E-state index contributed by atoms with van der Waals surface area (Å²) in [7, 11) is -3.73. The van der Waals surface area contributed by atoms with Crippen LogP contribution in [0.1, 0.15) is 49.9 Å². The normalized spacial score (nSPS) is 16.7. The van der Waals surface area contributed by atoms with Crippen LogP contribution in [0.3, 0.4) is 0 Å². The number of nitrogens with zero attached hydrogens (tertiary/aromatic N) is 1. The summed E-state index contributed by atoms with van der Waals surface area (Å²) in [5, 5.41) is 1.89. The van der Waals surface area contributed by atoms with Crippen LogP contribution in [0.4, 0.5) is 4.79 Å². The van der Waals surface area contributed by atoms with Gasteiger partial charge < -0.3 is 10.5 Å². The highest BCUT2D eigenvalue weighted by atomic mass is 32.2. The number of rotatable bonds is 6. The monoisotopic (exact) mass is 425 g/mol. The first-order valence-electron chi connectivity index (χ1n) is 9.54. The van der Waals surface area contributed by atoms with E-state index in [1.54, 1.807) is 13.8 Å². The molecule has 0 spiro atoms. The van der Waals surface area contributed by atoms with E-state index < -0.39 is 40.0 Å². The Kier molecular flexibility index (Phi) is 7.74. The molecule has 1 aliphatic heterocycles. The number of ether oxygens (including phenoxy) is 1. The predicted octanol–water partition coefficient (Wildman–Crippen LogP) is 1.63. The lowest BCUT2D eigenvalue weighted by Gasteiger charge is -2.21. The van der Waals surface area contributed by atoms with Gasteiger partial charge in [-0.05, 0) is 37.0 Å². The van der Waals surface area contributed by atoms with Gasteiger partial charge in [-0.3, -0.25) is 10.1 Å². The number of primary amides is 1. The number of carbonyl (C=O) groups excluding carboxylic acids is 3. The first kappa shape index (κ1) is 22.8. The molecule has 1 aliphatic rings. The van der Waals surface area contributed by atoms with Gasteiger partial charge in [0.1, 0.15) is 0 Å². The van der Waals surface area contributed by atoms with E-state index in [0.29, 0.717) is 13.1 Å². The molecule has 1 aromatic carbocycles. The molecule has 1 atom stereocenters. The number of benzene rings is 1. The second kappa shape index (κ2) is 9.84. The van der Waals surface area contributed by atoms with Crippen molar-refractivity contribution in [2.75, 3.05) is 13.1 Å². The lowest BCUT2D eigenvalue weighted by atomic mass is 10.1. The molecule has 1 aromatic rings. The van der Waals surface area contributed by atoms with E-state index in [-0.39, 0.29) is 10.5 Å². The maximum atomic E-state index is 12.9. The van der Waals surface area contributed by atoms with Crippen molar-refractivity contribution in [3.8, 4) is 0 Å². The first-order valence-corrected chi connectivity index (χ1v) is 11.0. The third-order valence-electron chi connectivity index (χ3n) is 4.62. The number of sulfonamides is 1. The van der Waals surface area contributed by atoms with Gasteiger partial charge in [-0.15, -0.1) is 0 Å². The molecule has 1 fully saturated rings. The lowest BCUT2D eigenvalue weighted by molar-refractivity contribution is -0.130. The average molecular weight is 426 g/mol. The highest BCUT2D eigenvalue weighted by molar-refractivity contribution is 7.89. The van der Waals surface area contributed by atoms with Gasteiger partial charge >= 0.3 is 12.0 Å². The van der Waals surface area contributed by atoms with Gasteiger partial charge in [-0.1, -0.05) is 32.8 Å². The Morgan fingerprint density at radius 3 is 2.28 bits per heavy atom. The fourth-order valence-corrected chi connectivity index (χ4v) is 4.65. The summed E-state index contributed by atoms with van der Waals surface area (Å²) in [6, 6.07) is 4.48. The van der Waals surface area contributed by atoms with Crippen molar-refractivity contribution in [3.63, 3.8) is 0 Å². The molecule has 2 rings (SSSR count). The molecule has 1 saturated heterocycles. The van der Waals surface area contributed by atoms with E-state index in [1.165, 1.54) is 28.6 Å². The Bertz CT molecular complexity index is 860. The minimum atomic E-state index is -3.73. The number of esters is 1. The summed E-state index contributed by atoms with van der Waals surface area (Å²) in [5.74, 6) is -2.13. The number of hydrogen-bond acceptors (Lipinski definition) is 6. The molecule has 0 saturated carbocycles.